The fourth-order valence-corrected chi connectivity index (χ4v) is 2.47. The summed E-state index contributed by atoms with van der Waals surface area (Å²) in [5, 5.41) is 11.2. The molecule has 0 radical (unpaired) electrons. The third-order valence-corrected chi connectivity index (χ3v) is 3.60. The van der Waals surface area contributed by atoms with E-state index in [-0.39, 0.29) is 5.56 Å². The Morgan fingerprint density at radius 1 is 1.05 bits per heavy atom. The molecule has 2 heterocycles. The smallest absolute Gasteiger partial charge is 0.335 e. The number of pyridine rings is 1. The summed E-state index contributed by atoms with van der Waals surface area (Å²) in [5.74, 6) is -0.335. The Hall–Kier alpha value is -3.21. The first-order valence-electron chi connectivity index (χ1n) is 6.79. The molecule has 22 heavy (non-hydrogen) atoms. The van der Waals surface area contributed by atoms with Crippen molar-refractivity contribution < 1.29 is 9.90 Å². The minimum Gasteiger partial charge on any atom is -0.478 e. The number of nitrogens with zero attached hydrogens (tertiary/aromatic N) is 2. The van der Waals surface area contributed by atoms with Crippen LogP contribution in [0.5, 0.6) is 0 Å². The zero-order chi connectivity index (χ0) is 15.1. The monoisotopic (exact) mass is 289 g/mol. The number of carboxylic acid groups (broad SMARTS) is 1. The van der Waals surface area contributed by atoms with Gasteiger partial charge in [0.25, 0.3) is 0 Å². The Bertz CT molecular complexity index is 1020. The molecule has 5 heteroatoms. The van der Waals surface area contributed by atoms with E-state index in [2.05, 4.69) is 15.0 Å². The van der Waals surface area contributed by atoms with E-state index in [4.69, 9.17) is 5.11 Å². The lowest BCUT2D eigenvalue weighted by Crippen LogP contribution is -1.94. The molecule has 0 saturated carbocycles. The quantitative estimate of drug-likeness (QED) is 0.592. The third-order valence-electron chi connectivity index (χ3n) is 3.60. The van der Waals surface area contributed by atoms with Gasteiger partial charge in [-0.2, -0.15) is 0 Å². The Morgan fingerprint density at radius 3 is 2.68 bits per heavy atom. The number of benzene rings is 2. The number of aromatic carboxylic acids is 1. The summed E-state index contributed by atoms with van der Waals surface area (Å²) in [4.78, 5) is 23.1. The van der Waals surface area contributed by atoms with Crippen molar-refractivity contribution in [3.8, 4) is 11.5 Å². The van der Waals surface area contributed by atoms with Crippen molar-refractivity contribution in [1.29, 1.82) is 0 Å². The maximum absolute atomic E-state index is 11.0. The number of hydrogen-bond donors (Lipinski definition) is 2. The lowest BCUT2D eigenvalue weighted by molar-refractivity contribution is 0.0697. The summed E-state index contributed by atoms with van der Waals surface area (Å²) >= 11 is 0. The minimum absolute atomic E-state index is 0.219. The number of aromatic amines is 1. The Labute approximate surface area is 125 Å². The predicted molar refractivity (Wildman–Crippen MR) is 83.8 cm³/mol. The topological polar surface area (TPSA) is 78.9 Å². The fraction of sp³-hybridized carbons (Fsp3) is 0. The number of rotatable bonds is 2. The van der Waals surface area contributed by atoms with E-state index in [1.54, 1.807) is 24.4 Å². The third kappa shape index (κ3) is 2.00. The maximum Gasteiger partial charge on any atom is 0.335 e. The van der Waals surface area contributed by atoms with Gasteiger partial charge >= 0.3 is 5.97 Å². The van der Waals surface area contributed by atoms with Crippen LogP contribution in [0, 0.1) is 0 Å². The highest BCUT2D eigenvalue weighted by Crippen LogP contribution is 2.23. The van der Waals surface area contributed by atoms with E-state index >= 15 is 0 Å². The van der Waals surface area contributed by atoms with Crippen molar-refractivity contribution >= 4 is 27.8 Å². The van der Waals surface area contributed by atoms with Crippen molar-refractivity contribution in [3.63, 3.8) is 0 Å². The molecule has 4 aromatic rings. The molecule has 0 spiro atoms. The second-order valence-corrected chi connectivity index (χ2v) is 5.04. The molecule has 2 N–H and O–H groups in total. The van der Waals surface area contributed by atoms with Crippen LogP contribution in [0.15, 0.2) is 54.7 Å². The standard InChI is InChI=1S/C17H11N3O2/c21-17(22)11-5-6-13-14(8-11)20-16(19-13)15-7-10-3-1-2-4-12(10)9-18-15/h1-9H,(H,19,20)(H,21,22). The molecule has 0 aliphatic rings. The minimum atomic E-state index is -0.963. The Kier molecular flexibility index (Phi) is 2.66. The van der Waals surface area contributed by atoms with Gasteiger partial charge in [0.2, 0.25) is 0 Å². The van der Waals surface area contributed by atoms with Crippen LogP contribution >= 0.6 is 0 Å². The van der Waals surface area contributed by atoms with Crippen LogP contribution in [0.3, 0.4) is 0 Å². The van der Waals surface area contributed by atoms with Crippen LogP contribution in [0.2, 0.25) is 0 Å². The molecule has 106 valence electrons. The van der Waals surface area contributed by atoms with Crippen molar-refractivity contribution in [2.45, 2.75) is 0 Å². The summed E-state index contributed by atoms with van der Waals surface area (Å²) in [6.45, 7) is 0. The van der Waals surface area contributed by atoms with E-state index in [0.29, 0.717) is 11.3 Å². The highest BCUT2D eigenvalue weighted by Gasteiger charge is 2.10. The van der Waals surface area contributed by atoms with Gasteiger partial charge in [-0.15, -0.1) is 0 Å². The van der Waals surface area contributed by atoms with Gasteiger partial charge in [0.1, 0.15) is 5.69 Å². The SMILES string of the molecule is O=C(O)c1ccc2[nH]c(-c3cc4ccccc4cn3)nc2c1. The number of nitrogens with one attached hydrogen (secondary N) is 1. The van der Waals surface area contributed by atoms with Gasteiger partial charge in [0, 0.05) is 11.6 Å². The molecular weight excluding hydrogens is 278 g/mol. The lowest BCUT2D eigenvalue weighted by Gasteiger charge is -1.99. The molecule has 5 nitrogen and oxygen atoms in total. The zero-order valence-corrected chi connectivity index (χ0v) is 11.4. The van der Waals surface area contributed by atoms with Crippen LogP contribution in [-0.4, -0.2) is 26.0 Å². The van der Waals surface area contributed by atoms with Crippen LogP contribution < -0.4 is 0 Å². The molecule has 0 unspecified atom stereocenters. The van der Waals surface area contributed by atoms with Gasteiger partial charge in [-0.1, -0.05) is 24.3 Å². The molecule has 0 bridgehead atoms. The molecule has 2 aromatic heterocycles. The van der Waals surface area contributed by atoms with E-state index < -0.39 is 5.97 Å². The lowest BCUT2D eigenvalue weighted by atomic mass is 10.1. The molecule has 0 aliphatic carbocycles. The zero-order valence-electron chi connectivity index (χ0n) is 11.4. The van der Waals surface area contributed by atoms with Crippen molar-refractivity contribution in [2.24, 2.45) is 0 Å². The summed E-state index contributed by atoms with van der Waals surface area (Å²) in [5.41, 5.74) is 2.35. The van der Waals surface area contributed by atoms with Gasteiger partial charge in [0.15, 0.2) is 5.82 Å². The molecular formula is C17H11N3O2. The van der Waals surface area contributed by atoms with E-state index in [1.807, 2.05) is 30.3 Å². The summed E-state index contributed by atoms with van der Waals surface area (Å²) < 4.78 is 0. The molecule has 0 aliphatic heterocycles. The number of fused-ring (bicyclic) bond motifs is 2. The van der Waals surface area contributed by atoms with Gasteiger partial charge in [-0.25, -0.2) is 9.78 Å². The van der Waals surface area contributed by atoms with Gasteiger partial charge in [0.05, 0.1) is 16.6 Å². The van der Waals surface area contributed by atoms with Crippen molar-refractivity contribution in [1.82, 2.24) is 15.0 Å². The van der Waals surface area contributed by atoms with Gasteiger partial charge in [-0.3, -0.25) is 4.98 Å². The molecule has 2 aromatic carbocycles. The van der Waals surface area contributed by atoms with Crippen molar-refractivity contribution in [3.05, 3.63) is 60.3 Å². The number of carboxylic acids is 1. The van der Waals surface area contributed by atoms with Gasteiger partial charge < -0.3 is 10.1 Å². The Morgan fingerprint density at radius 2 is 1.86 bits per heavy atom. The fourth-order valence-electron chi connectivity index (χ4n) is 2.47. The summed E-state index contributed by atoms with van der Waals surface area (Å²) in [6, 6.07) is 14.8. The second-order valence-electron chi connectivity index (χ2n) is 5.04. The highest BCUT2D eigenvalue weighted by molar-refractivity contribution is 5.93. The normalized spacial score (nSPS) is 11.1. The van der Waals surface area contributed by atoms with E-state index in [1.165, 1.54) is 0 Å². The van der Waals surface area contributed by atoms with E-state index in [9.17, 15) is 4.79 Å². The maximum atomic E-state index is 11.0. The molecule has 0 fully saturated rings. The first-order chi connectivity index (χ1) is 10.7. The highest BCUT2D eigenvalue weighted by atomic mass is 16.4. The number of carbonyl (C=O) groups is 1. The largest absolute Gasteiger partial charge is 0.478 e. The molecule has 4 rings (SSSR count). The van der Waals surface area contributed by atoms with E-state index in [0.717, 1.165) is 22.0 Å². The number of hydrogen-bond acceptors (Lipinski definition) is 3. The predicted octanol–water partition coefficient (Wildman–Crippen LogP) is 3.48. The van der Waals surface area contributed by atoms with Crippen LogP contribution in [0.1, 0.15) is 10.4 Å². The summed E-state index contributed by atoms with van der Waals surface area (Å²) in [6.07, 6.45) is 1.81. The van der Waals surface area contributed by atoms with Gasteiger partial charge in [-0.05, 0) is 29.7 Å². The average molecular weight is 289 g/mol. The Balaban J connectivity index is 1.86. The summed E-state index contributed by atoms with van der Waals surface area (Å²) in [7, 11) is 0. The first kappa shape index (κ1) is 12.5. The van der Waals surface area contributed by atoms with Crippen molar-refractivity contribution in [2.75, 3.05) is 0 Å². The van der Waals surface area contributed by atoms with Crippen LogP contribution in [-0.2, 0) is 0 Å². The first-order valence-corrected chi connectivity index (χ1v) is 6.79. The second kappa shape index (κ2) is 4.66. The molecule has 0 amide bonds. The number of imidazole rings is 1. The molecule has 0 saturated heterocycles. The molecule has 0 atom stereocenters. The number of H-pyrrole nitrogens is 1. The number of aromatic nitrogens is 3. The van der Waals surface area contributed by atoms with Crippen LogP contribution in [0.25, 0.3) is 33.3 Å². The van der Waals surface area contributed by atoms with Crippen LogP contribution in [0.4, 0.5) is 0 Å². The average Bonchev–Trinajstić information content (AvgIpc) is 2.97.